The van der Waals surface area contributed by atoms with Crippen molar-refractivity contribution in [3.63, 3.8) is 0 Å². The molecule has 2 N–H and O–H groups in total. The van der Waals surface area contributed by atoms with Gasteiger partial charge in [0, 0.05) is 18.7 Å². The van der Waals surface area contributed by atoms with Gasteiger partial charge in [0.25, 0.3) is 0 Å². The normalized spacial score (nSPS) is 10.1. The van der Waals surface area contributed by atoms with Gasteiger partial charge in [-0.15, -0.1) is 0 Å². The van der Waals surface area contributed by atoms with Crippen LogP contribution in [0, 0.1) is 0 Å². The van der Waals surface area contributed by atoms with Crippen molar-refractivity contribution in [3.05, 3.63) is 23.8 Å². The van der Waals surface area contributed by atoms with Gasteiger partial charge in [-0.3, -0.25) is 0 Å². The van der Waals surface area contributed by atoms with Crippen LogP contribution in [-0.4, -0.2) is 20.5 Å². The Morgan fingerprint density at radius 2 is 2.13 bits per heavy atom. The highest BCUT2D eigenvalue weighted by Crippen LogP contribution is 2.23. The lowest BCUT2D eigenvalue weighted by Crippen LogP contribution is -2.06. The molecule has 0 unspecified atom stereocenters. The van der Waals surface area contributed by atoms with Crippen LogP contribution in [0.1, 0.15) is 12.5 Å². The molecule has 15 heavy (non-hydrogen) atoms. The molecule has 0 aliphatic heterocycles. The second-order valence-electron chi connectivity index (χ2n) is 2.93. The minimum absolute atomic E-state index is 0.246. The highest BCUT2D eigenvalue weighted by atomic mass is 16.7. The first-order valence-corrected chi connectivity index (χ1v) is 4.89. The SMILES string of the molecule is CCOCOc1ccc(OC)cc1CN. The van der Waals surface area contributed by atoms with Gasteiger partial charge in [-0.25, -0.2) is 0 Å². The molecule has 0 radical (unpaired) electrons. The van der Waals surface area contributed by atoms with E-state index < -0.39 is 0 Å². The molecule has 84 valence electrons. The van der Waals surface area contributed by atoms with E-state index in [0.29, 0.717) is 13.2 Å². The minimum atomic E-state index is 0.246. The lowest BCUT2D eigenvalue weighted by atomic mass is 10.2. The Kier molecular flexibility index (Phi) is 4.93. The number of ether oxygens (including phenoxy) is 3. The van der Waals surface area contributed by atoms with E-state index in [1.807, 2.05) is 25.1 Å². The molecular formula is C11H17NO3. The van der Waals surface area contributed by atoms with Crippen LogP contribution in [0.4, 0.5) is 0 Å². The van der Waals surface area contributed by atoms with E-state index in [1.165, 1.54) is 0 Å². The van der Waals surface area contributed by atoms with Crippen LogP contribution >= 0.6 is 0 Å². The minimum Gasteiger partial charge on any atom is -0.497 e. The monoisotopic (exact) mass is 211 g/mol. The van der Waals surface area contributed by atoms with Gasteiger partial charge >= 0.3 is 0 Å². The molecule has 1 aromatic carbocycles. The van der Waals surface area contributed by atoms with Gasteiger partial charge < -0.3 is 19.9 Å². The lowest BCUT2D eigenvalue weighted by Gasteiger charge is -2.11. The number of benzene rings is 1. The molecule has 0 spiro atoms. The molecule has 1 aromatic rings. The van der Waals surface area contributed by atoms with E-state index in [9.17, 15) is 0 Å². The van der Waals surface area contributed by atoms with Crippen molar-refractivity contribution in [2.24, 2.45) is 5.73 Å². The van der Waals surface area contributed by atoms with Crippen LogP contribution in [0.3, 0.4) is 0 Å². The first-order valence-electron chi connectivity index (χ1n) is 4.89. The largest absolute Gasteiger partial charge is 0.497 e. The zero-order valence-electron chi connectivity index (χ0n) is 9.16. The van der Waals surface area contributed by atoms with E-state index >= 15 is 0 Å². The summed E-state index contributed by atoms with van der Waals surface area (Å²) in [4.78, 5) is 0. The Hall–Kier alpha value is -1.26. The average Bonchev–Trinajstić information content (AvgIpc) is 2.29. The Balaban J connectivity index is 2.69. The van der Waals surface area contributed by atoms with Gasteiger partial charge in [0.05, 0.1) is 7.11 Å². The smallest absolute Gasteiger partial charge is 0.189 e. The number of methoxy groups -OCH3 is 1. The van der Waals surface area contributed by atoms with Gasteiger partial charge in [-0.2, -0.15) is 0 Å². The summed E-state index contributed by atoms with van der Waals surface area (Å²) >= 11 is 0. The van der Waals surface area contributed by atoms with Gasteiger partial charge in [0.2, 0.25) is 0 Å². The molecule has 0 saturated heterocycles. The fraction of sp³-hybridized carbons (Fsp3) is 0.455. The van der Waals surface area contributed by atoms with Gasteiger partial charge in [0.15, 0.2) is 6.79 Å². The van der Waals surface area contributed by atoms with E-state index in [1.54, 1.807) is 7.11 Å². The Morgan fingerprint density at radius 1 is 1.33 bits per heavy atom. The maximum atomic E-state index is 5.60. The molecule has 0 heterocycles. The molecule has 0 aliphatic carbocycles. The van der Waals surface area contributed by atoms with Gasteiger partial charge in [0.1, 0.15) is 11.5 Å². The van der Waals surface area contributed by atoms with Crippen LogP contribution in [0.15, 0.2) is 18.2 Å². The summed E-state index contributed by atoms with van der Waals surface area (Å²) in [6.07, 6.45) is 0. The molecule has 4 heteroatoms. The van der Waals surface area contributed by atoms with Crippen molar-refractivity contribution in [2.75, 3.05) is 20.5 Å². The summed E-state index contributed by atoms with van der Waals surface area (Å²) in [5.41, 5.74) is 6.51. The molecule has 0 amide bonds. The molecule has 0 fully saturated rings. The maximum absolute atomic E-state index is 5.60. The predicted octanol–water partition coefficient (Wildman–Crippen LogP) is 1.53. The number of rotatable bonds is 6. The first kappa shape index (κ1) is 11.8. The van der Waals surface area contributed by atoms with Crippen LogP contribution < -0.4 is 15.2 Å². The third kappa shape index (κ3) is 3.42. The second kappa shape index (κ2) is 6.27. The summed E-state index contributed by atoms with van der Waals surface area (Å²) < 4.78 is 15.6. The molecule has 0 bridgehead atoms. The number of nitrogens with two attached hydrogens (primary N) is 1. The summed E-state index contributed by atoms with van der Waals surface area (Å²) in [5.74, 6) is 1.52. The molecule has 4 nitrogen and oxygen atoms in total. The van der Waals surface area contributed by atoms with Gasteiger partial charge in [-0.1, -0.05) is 0 Å². The lowest BCUT2D eigenvalue weighted by molar-refractivity contribution is 0.0218. The molecule has 1 rings (SSSR count). The highest BCUT2D eigenvalue weighted by molar-refractivity contribution is 5.40. The number of hydrogen-bond acceptors (Lipinski definition) is 4. The maximum Gasteiger partial charge on any atom is 0.189 e. The van der Waals surface area contributed by atoms with Crippen LogP contribution in [0.5, 0.6) is 11.5 Å². The van der Waals surface area contributed by atoms with Crippen molar-refractivity contribution in [3.8, 4) is 11.5 Å². The van der Waals surface area contributed by atoms with Crippen LogP contribution in [0.2, 0.25) is 0 Å². The van der Waals surface area contributed by atoms with Crippen molar-refractivity contribution < 1.29 is 14.2 Å². The fourth-order valence-electron chi connectivity index (χ4n) is 1.17. The molecule has 0 aromatic heterocycles. The van der Waals surface area contributed by atoms with Crippen LogP contribution in [0.25, 0.3) is 0 Å². The standard InChI is InChI=1S/C11H17NO3/c1-3-14-8-15-11-5-4-10(13-2)6-9(11)7-12/h4-6H,3,7-8,12H2,1-2H3. The Bertz CT molecular complexity index is 302. The van der Waals surface area contributed by atoms with E-state index in [2.05, 4.69) is 0 Å². The summed E-state index contributed by atoms with van der Waals surface area (Å²) in [7, 11) is 1.62. The molecule has 0 saturated carbocycles. The first-order chi connectivity index (χ1) is 7.31. The fourth-order valence-corrected chi connectivity index (χ4v) is 1.17. The highest BCUT2D eigenvalue weighted by Gasteiger charge is 2.03. The van der Waals surface area contributed by atoms with Crippen molar-refractivity contribution >= 4 is 0 Å². The van der Waals surface area contributed by atoms with Gasteiger partial charge in [-0.05, 0) is 25.1 Å². The Labute approximate surface area is 89.9 Å². The van der Waals surface area contributed by atoms with Crippen molar-refractivity contribution in [1.29, 1.82) is 0 Å². The van der Waals surface area contributed by atoms with Crippen molar-refractivity contribution in [1.82, 2.24) is 0 Å². The average molecular weight is 211 g/mol. The summed E-state index contributed by atoms with van der Waals surface area (Å²) in [6.45, 7) is 3.21. The summed E-state index contributed by atoms with van der Waals surface area (Å²) in [6, 6.07) is 5.53. The second-order valence-corrected chi connectivity index (χ2v) is 2.93. The zero-order valence-corrected chi connectivity index (χ0v) is 9.16. The Morgan fingerprint density at radius 3 is 2.73 bits per heavy atom. The van der Waals surface area contributed by atoms with Crippen LogP contribution in [-0.2, 0) is 11.3 Å². The quantitative estimate of drug-likeness (QED) is 0.572. The van der Waals surface area contributed by atoms with E-state index in [4.69, 9.17) is 19.9 Å². The third-order valence-corrected chi connectivity index (χ3v) is 1.99. The molecule has 0 aliphatic rings. The zero-order chi connectivity index (χ0) is 11.1. The third-order valence-electron chi connectivity index (χ3n) is 1.99. The van der Waals surface area contributed by atoms with E-state index in [0.717, 1.165) is 17.1 Å². The van der Waals surface area contributed by atoms with E-state index in [-0.39, 0.29) is 6.79 Å². The predicted molar refractivity (Wildman–Crippen MR) is 58.0 cm³/mol. The number of hydrogen-bond donors (Lipinski definition) is 1. The topological polar surface area (TPSA) is 53.7 Å². The van der Waals surface area contributed by atoms with Crippen molar-refractivity contribution in [2.45, 2.75) is 13.5 Å². The molecular weight excluding hydrogens is 194 g/mol. The molecule has 0 atom stereocenters. The summed E-state index contributed by atoms with van der Waals surface area (Å²) in [5, 5.41) is 0.